The maximum absolute atomic E-state index is 12.6. The molecule has 0 spiro atoms. The number of hydrogen-bond acceptors (Lipinski definition) is 7. The molecule has 158 valence electrons. The molecule has 3 aromatic rings. The zero-order valence-electron chi connectivity index (χ0n) is 16.9. The Bertz CT molecular complexity index is 1070. The second-order valence-electron chi connectivity index (χ2n) is 6.93. The number of rotatable bonds is 7. The van der Waals surface area contributed by atoms with E-state index in [1.54, 1.807) is 18.2 Å². The van der Waals surface area contributed by atoms with Crippen molar-refractivity contribution >= 4 is 46.1 Å². The second-order valence-corrected chi connectivity index (χ2v) is 8.14. The number of thioether (sulfide) groups is 1. The average molecular weight is 447 g/mol. The first kappa shape index (κ1) is 20.7. The van der Waals surface area contributed by atoms with Crippen LogP contribution in [0.15, 0.2) is 29.6 Å². The fraction of sp³-hybridized carbons (Fsp3) is 0.400. The Morgan fingerprint density at radius 3 is 2.83 bits per heavy atom. The highest BCUT2D eigenvalue weighted by Gasteiger charge is 2.20. The number of aromatic nitrogens is 4. The molecule has 1 aliphatic heterocycles. The van der Waals surface area contributed by atoms with Crippen LogP contribution in [-0.4, -0.2) is 58.7 Å². The summed E-state index contributed by atoms with van der Waals surface area (Å²) in [5.74, 6) is 1.18. The van der Waals surface area contributed by atoms with Gasteiger partial charge in [0.15, 0.2) is 10.8 Å². The topological polar surface area (TPSA) is 85.2 Å². The molecule has 4 rings (SSSR count). The van der Waals surface area contributed by atoms with Gasteiger partial charge in [-0.25, -0.2) is 14.6 Å². The lowest BCUT2D eigenvalue weighted by atomic mass is 10.2. The van der Waals surface area contributed by atoms with Crippen LogP contribution in [-0.2, 0) is 6.54 Å². The Morgan fingerprint density at radius 2 is 2.10 bits per heavy atom. The number of nitrogens with zero attached hydrogens (tertiary/aromatic N) is 5. The van der Waals surface area contributed by atoms with Crippen LogP contribution in [0.25, 0.3) is 11.0 Å². The minimum atomic E-state index is -0.247. The van der Waals surface area contributed by atoms with Gasteiger partial charge in [0.25, 0.3) is 5.91 Å². The first-order valence-corrected chi connectivity index (χ1v) is 11.3. The molecule has 0 unspecified atom stereocenters. The fourth-order valence-corrected chi connectivity index (χ4v) is 4.10. The fourth-order valence-electron chi connectivity index (χ4n) is 3.57. The van der Waals surface area contributed by atoms with Crippen molar-refractivity contribution in [1.82, 2.24) is 25.1 Å². The molecule has 0 aliphatic carbocycles. The van der Waals surface area contributed by atoms with Crippen molar-refractivity contribution in [2.75, 3.05) is 37.9 Å². The van der Waals surface area contributed by atoms with Crippen molar-refractivity contribution in [3.63, 3.8) is 0 Å². The average Bonchev–Trinajstić information content (AvgIpc) is 3.43. The van der Waals surface area contributed by atoms with Crippen molar-refractivity contribution in [2.24, 2.45) is 0 Å². The van der Waals surface area contributed by atoms with E-state index >= 15 is 0 Å². The molecule has 1 N–H and O–H groups in total. The van der Waals surface area contributed by atoms with Crippen molar-refractivity contribution in [2.45, 2.75) is 24.5 Å². The molecule has 1 amide bonds. The Kier molecular flexibility index (Phi) is 6.29. The number of nitrogens with one attached hydrogen (secondary N) is 1. The minimum absolute atomic E-state index is 0.247. The molecule has 1 aliphatic rings. The lowest BCUT2D eigenvalue weighted by Crippen LogP contribution is -2.28. The summed E-state index contributed by atoms with van der Waals surface area (Å²) >= 11 is 7.54. The summed E-state index contributed by atoms with van der Waals surface area (Å²) in [7, 11) is 1.52. The summed E-state index contributed by atoms with van der Waals surface area (Å²) in [6.07, 6.45) is 6.13. The van der Waals surface area contributed by atoms with E-state index in [0.29, 0.717) is 29.4 Å². The van der Waals surface area contributed by atoms with Gasteiger partial charge in [-0.1, -0.05) is 23.4 Å². The summed E-state index contributed by atoms with van der Waals surface area (Å²) in [5, 5.41) is 9.55. The monoisotopic (exact) mass is 446 g/mol. The molecule has 0 saturated carbocycles. The van der Waals surface area contributed by atoms with E-state index in [1.165, 1.54) is 31.7 Å². The maximum atomic E-state index is 12.6. The highest BCUT2D eigenvalue weighted by Crippen LogP contribution is 2.28. The molecule has 1 fully saturated rings. The van der Waals surface area contributed by atoms with Crippen LogP contribution in [0.5, 0.6) is 5.75 Å². The molecular weight excluding hydrogens is 424 g/mol. The SMILES string of the molecule is COc1ccc(Cl)cc1C(=O)NCCn1ncc2c(N3CCCC3)nc(SC)nc21. The third-order valence-electron chi connectivity index (χ3n) is 5.06. The number of anilines is 1. The van der Waals surface area contributed by atoms with E-state index in [2.05, 4.69) is 20.3 Å². The third-order valence-corrected chi connectivity index (χ3v) is 5.84. The van der Waals surface area contributed by atoms with Crippen LogP contribution in [0.3, 0.4) is 0 Å². The molecule has 2 aromatic heterocycles. The quantitative estimate of drug-likeness (QED) is 0.440. The Morgan fingerprint density at radius 1 is 1.30 bits per heavy atom. The van der Waals surface area contributed by atoms with Gasteiger partial charge in [-0.15, -0.1) is 0 Å². The van der Waals surface area contributed by atoms with E-state index in [0.717, 1.165) is 35.1 Å². The standard InChI is InChI=1S/C20H23ClN6O2S/c1-29-16-6-5-13(21)11-14(16)19(28)22-7-10-27-18-15(12-23-27)17(24-20(25-18)30-2)26-8-3-4-9-26/h5-6,11-12H,3-4,7-10H2,1-2H3,(H,22,28). The van der Waals surface area contributed by atoms with Crippen molar-refractivity contribution in [1.29, 1.82) is 0 Å². The van der Waals surface area contributed by atoms with Gasteiger partial charge >= 0.3 is 0 Å². The van der Waals surface area contributed by atoms with E-state index in [1.807, 2.05) is 17.1 Å². The number of halogens is 1. The summed E-state index contributed by atoms with van der Waals surface area (Å²) in [6, 6.07) is 4.96. The number of benzene rings is 1. The smallest absolute Gasteiger partial charge is 0.255 e. The highest BCUT2D eigenvalue weighted by molar-refractivity contribution is 7.98. The van der Waals surface area contributed by atoms with Crippen LogP contribution in [0.1, 0.15) is 23.2 Å². The summed E-state index contributed by atoms with van der Waals surface area (Å²) < 4.78 is 7.07. The van der Waals surface area contributed by atoms with E-state index in [-0.39, 0.29) is 5.91 Å². The molecule has 0 atom stereocenters. The Labute approximate surface area is 184 Å². The molecule has 3 heterocycles. The van der Waals surface area contributed by atoms with Crippen LogP contribution >= 0.6 is 23.4 Å². The van der Waals surface area contributed by atoms with Crippen molar-refractivity contribution in [3.8, 4) is 5.75 Å². The lowest BCUT2D eigenvalue weighted by Gasteiger charge is -2.17. The van der Waals surface area contributed by atoms with Gasteiger partial charge in [0.05, 0.1) is 30.8 Å². The highest BCUT2D eigenvalue weighted by atomic mass is 35.5. The van der Waals surface area contributed by atoms with Crippen LogP contribution < -0.4 is 15.0 Å². The first-order chi connectivity index (χ1) is 14.6. The zero-order valence-corrected chi connectivity index (χ0v) is 18.5. The van der Waals surface area contributed by atoms with Gasteiger partial charge in [-0.3, -0.25) is 4.79 Å². The number of fused-ring (bicyclic) bond motifs is 1. The molecule has 0 bridgehead atoms. The van der Waals surface area contributed by atoms with E-state index < -0.39 is 0 Å². The maximum Gasteiger partial charge on any atom is 0.255 e. The predicted molar refractivity (Wildman–Crippen MR) is 119 cm³/mol. The number of methoxy groups -OCH3 is 1. The number of amides is 1. The Hall–Kier alpha value is -2.52. The molecule has 1 aromatic carbocycles. The molecular formula is C20H23ClN6O2S. The summed E-state index contributed by atoms with van der Waals surface area (Å²) in [4.78, 5) is 24.3. The van der Waals surface area contributed by atoms with Gasteiger partial charge in [-0.05, 0) is 37.3 Å². The number of carbonyl (C=O) groups excluding carboxylic acids is 1. The second kappa shape index (κ2) is 9.09. The lowest BCUT2D eigenvalue weighted by molar-refractivity contribution is 0.0949. The Balaban J connectivity index is 1.51. The number of hydrogen-bond donors (Lipinski definition) is 1. The van der Waals surface area contributed by atoms with Crippen LogP contribution in [0, 0.1) is 0 Å². The van der Waals surface area contributed by atoms with E-state index in [4.69, 9.17) is 21.3 Å². The van der Waals surface area contributed by atoms with Crippen molar-refractivity contribution < 1.29 is 9.53 Å². The first-order valence-electron chi connectivity index (χ1n) is 9.75. The van der Waals surface area contributed by atoms with E-state index in [9.17, 15) is 4.79 Å². The summed E-state index contributed by atoms with van der Waals surface area (Å²) in [6.45, 7) is 2.89. The third kappa shape index (κ3) is 4.17. The van der Waals surface area contributed by atoms with Crippen LogP contribution in [0.4, 0.5) is 5.82 Å². The van der Waals surface area contributed by atoms with Gasteiger partial charge in [0.2, 0.25) is 0 Å². The van der Waals surface area contributed by atoms with Crippen LogP contribution in [0.2, 0.25) is 5.02 Å². The number of carbonyl (C=O) groups is 1. The van der Waals surface area contributed by atoms with Gasteiger partial charge < -0.3 is 15.0 Å². The molecule has 30 heavy (non-hydrogen) atoms. The zero-order chi connectivity index (χ0) is 21.1. The predicted octanol–water partition coefficient (Wildman–Crippen LogP) is 3.24. The van der Waals surface area contributed by atoms with Gasteiger partial charge in [0, 0.05) is 24.7 Å². The molecule has 10 heteroatoms. The molecule has 1 saturated heterocycles. The largest absolute Gasteiger partial charge is 0.496 e. The minimum Gasteiger partial charge on any atom is -0.496 e. The molecule has 8 nitrogen and oxygen atoms in total. The van der Waals surface area contributed by atoms with Gasteiger partial charge in [-0.2, -0.15) is 5.10 Å². The van der Waals surface area contributed by atoms with Crippen molar-refractivity contribution in [3.05, 3.63) is 35.0 Å². The number of ether oxygens (including phenoxy) is 1. The summed E-state index contributed by atoms with van der Waals surface area (Å²) in [5.41, 5.74) is 1.18. The molecule has 0 radical (unpaired) electrons. The normalized spacial score (nSPS) is 13.8. The van der Waals surface area contributed by atoms with Gasteiger partial charge in [0.1, 0.15) is 11.6 Å².